The summed E-state index contributed by atoms with van der Waals surface area (Å²) in [4.78, 5) is 9.74. The summed E-state index contributed by atoms with van der Waals surface area (Å²) in [6, 6.07) is 3.72. The first-order valence-corrected chi connectivity index (χ1v) is 4.80. The van der Waals surface area contributed by atoms with E-state index in [0.29, 0.717) is 0 Å². The summed E-state index contributed by atoms with van der Waals surface area (Å²) in [6.07, 6.45) is 0. The molecular weight excluding hydrogens is 232 g/mol. The molecule has 0 bridgehead atoms. The van der Waals surface area contributed by atoms with Crippen molar-refractivity contribution in [2.75, 3.05) is 4.72 Å². The van der Waals surface area contributed by atoms with Gasteiger partial charge in [-0.05, 0) is 12.1 Å². The van der Waals surface area contributed by atoms with E-state index < -0.39 is 16.2 Å². The van der Waals surface area contributed by atoms with Crippen LogP contribution in [-0.2, 0) is 11.3 Å². The number of nitrogens with zero attached hydrogens (tertiary/aromatic N) is 1. The average Bonchev–Trinajstić information content (AvgIpc) is 2.07. The zero-order chi connectivity index (χ0) is 10.7. The largest absolute Gasteiger partial charge is 0.289 e. The third-order valence-corrected chi connectivity index (χ3v) is 2.08. The number of nitro groups is 1. The topological polar surface area (TPSA) is 92.5 Å². The molecule has 0 heterocycles. The van der Waals surface area contributed by atoms with E-state index >= 15 is 0 Å². The summed E-state index contributed by atoms with van der Waals surface area (Å²) in [5.41, 5.74) is -0.163. The predicted molar refractivity (Wildman–Crippen MR) is 52.5 cm³/mol. The molecule has 1 rings (SSSR count). The van der Waals surface area contributed by atoms with Gasteiger partial charge in [0.1, 0.15) is 5.02 Å². The van der Waals surface area contributed by atoms with Crippen molar-refractivity contribution < 1.29 is 13.7 Å². The van der Waals surface area contributed by atoms with Gasteiger partial charge in [0.2, 0.25) is 0 Å². The Morgan fingerprint density at radius 1 is 1.57 bits per heavy atom. The highest BCUT2D eigenvalue weighted by Crippen LogP contribution is 2.27. The first kappa shape index (κ1) is 10.9. The summed E-state index contributed by atoms with van der Waals surface area (Å²) in [5.74, 6) is 0. The molecule has 1 atom stereocenters. The summed E-state index contributed by atoms with van der Waals surface area (Å²) < 4.78 is 20.9. The molecule has 0 fully saturated rings. The highest BCUT2D eigenvalue weighted by atomic mass is 35.5. The van der Waals surface area contributed by atoms with Gasteiger partial charge < -0.3 is 0 Å². The van der Waals surface area contributed by atoms with E-state index in [0.717, 1.165) is 6.07 Å². The van der Waals surface area contributed by atoms with Crippen LogP contribution in [0.15, 0.2) is 18.2 Å². The van der Waals surface area contributed by atoms with Gasteiger partial charge in [-0.2, -0.15) is 0 Å². The van der Waals surface area contributed by atoms with Crippen LogP contribution in [0.2, 0.25) is 5.02 Å². The molecule has 0 saturated heterocycles. The third-order valence-electron chi connectivity index (χ3n) is 1.35. The minimum atomic E-state index is -2.26. The smallest absolute Gasteiger partial charge is 0.289 e. The second-order valence-electron chi connectivity index (χ2n) is 2.27. The number of nitro benzene ring substituents is 1. The van der Waals surface area contributed by atoms with E-state index in [1.165, 1.54) is 12.1 Å². The first-order chi connectivity index (χ1) is 6.50. The van der Waals surface area contributed by atoms with Crippen molar-refractivity contribution in [1.82, 2.24) is 0 Å². The summed E-state index contributed by atoms with van der Waals surface area (Å²) >= 11 is 3.26. The zero-order valence-electron chi connectivity index (χ0n) is 6.64. The molecule has 76 valence electrons. The van der Waals surface area contributed by atoms with Crippen molar-refractivity contribution in [3.8, 4) is 0 Å². The molecule has 0 saturated carbocycles. The molecular formula is C6H5ClN2O4S. The number of hydrogen-bond donors (Lipinski definition) is 2. The number of hydrogen-bond acceptors (Lipinski definition) is 3. The average molecular weight is 237 g/mol. The van der Waals surface area contributed by atoms with Gasteiger partial charge >= 0.3 is 0 Å². The number of halogens is 1. The van der Waals surface area contributed by atoms with E-state index in [2.05, 4.69) is 4.72 Å². The molecule has 1 aromatic rings. The van der Waals surface area contributed by atoms with E-state index in [9.17, 15) is 14.3 Å². The Bertz CT molecular complexity index is 397. The minimum Gasteiger partial charge on any atom is -0.289 e. The fourth-order valence-corrected chi connectivity index (χ4v) is 1.33. The van der Waals surface area contributed by atoms with E-state index in [-0.39, 0.29) is 16.4 Å². The Morgan fingerprint density at radius 3 is 2.71 bits per heavy atom. The van der Waals surface area contributed by atoms with Crippen LogP contribution in [0.25, 0.3) is 0 Å². The SMILES string of the molecule is O=[N+]([O-])c1cc(NS(=O)O)ccc1Cl. The highest BCUT2D eigenvalue weighted by molar-refractivity contribution is 7.80. The Hall–Kier alpha value is -1.18. The van der Waals surface area contributed by atoms with Gasteiger partial charge in [0.25, 0.3) is 17.0 Å². The quantitative estimate of drug-likeness (QED) is 0.475. The molecule has 0 spiro atoms. The van der Waals surface area contributed by atoms with Gasteiger partial charge in [0.05, 0.1) is 10.6 Å². The Kier molecular flexibility index (Phi) is 3.39. The normalized spacial score (nSPS) is 12.1. The molecule has 0 aliphatic carbocycles. The van der Waals surface area contributed by atoms with Crippen molar-refractivity contribution in [3.05, 3.63) is 33.3 Å². The minimum absolute atomic E-state index is 0.0238. The van der Waals surface area contributed by atoms with Gasteiger partial charge in [-0.15, -0.1) is 0 Å². The second kappa shape index (κ2) is 4.36. The van der Waals surface area contributed by atoms with Crippen LogP contribution in [-0.4, -0.2) is 13.7 Å². The second-order valence-corrected chi connectivity index (χ2v) is 3.38. The monoisotopic (exact) mass is 236 g/mol. The lowest BCUT2D eigenvalue weighted by molar-refractivity contribution is -0.384. The molecule has 0 aliphatic rings. The summed E-state index contributed by atoms with van der Waals surface area (Å²) in [5, 5.41) is 10.4. The van der Waals surface area contributed by atoms with Crippen molar-refractivity contribution in [3.63, 3.8) is 0 Å². The molecule has 14 heavy (non-hydrogen) atoms. The maximum absolute atomic E-state index is 10.4. The van der Waals surface area contributed by atoms with Gasteiger partial charge in [-0.1, -0.05) is 11.6 Å². The van der Waals surface area contributed by atoms with Gasteiger partial charge in [-0.25, -0.2) is 4.21 Å². The van der Waals surface area contributed by atoms with E-state index in [1.807, 2.05) is 0 Å². The molecule has 0 amide bonds. The van der Waals surface area contributed by atoms with Crippen LogP contribution in [0, 0.1) is 10.1 Å². The summed E-state index contributed by atoms with van der Waals surface area (Å²) in [7, 11) is 0. The van der Waals surface area contributed by atoms with E-state index in [4.69, 9.17) is 16.2 Å². The molecule has 0 radical (unpaired) electrons. The molecule has 0 aromatic heterocycles. The lowest BCUT2D eigenvalue weighted by atomic mass is 10.3. The number of nitrogens with one attached hydrogen (secondary N) is 1. The Labute approximate surface area is 86.5 Å². The molecule has 8 heteroatoms. The van der Waals surface area contributed by atoms with Crippen molar-refractivity contribution in [2.45, 2.75) is 0 Å². The van der Waals surface area contributed by atoms with Crippen LogP contribution in [0.5, 0.6) is 0 Å². The first-order valence-electron chi connectivity index (χ1n) is 3.32. The maximum Gasteiger partial charge on any atom is 0.289 e. The Balaban J connectivity index is 3.06. The van der Waals surface area contributed by atoms with Gasteiger partial charge in [0, 0.05) is 6.07 Å². The predicted octanol–water partition coefficient (Wildman–Crippen LogP) is 1.80. The fourth-order valence-electron chi connectivity index (χ4n) is 0.817. The number of benzene rings is 1. The molecule has 1 aromatic carbocycles. The third kappa shape index (κ3) is 2.66. The molecule has 1 unspecified atom stereocenters. The van der Waals surface area contributed by atoms with Gasteiger partial charge in [-0.3, -0.25) is 19.4 Å². The lowest BCUT2D eigenvalue weighted by Crippen LogP contribution is -2.02. The molecule has 6 nitrogen and oxygen atoms in total. The van der Waals surface area contributed by atoms with Crippen LogP contribution in [0.1, 0.15) is 0 Å². The highest BCUT2D eigenvalue weighted by Gasteiger charge is 2.12. The van der Waals surface area contributed by atoms with E-state index in [1.54, 1.807) is 0 Å². The maximum atomic E-state index is 10.4. The van der Waals surface area contributed by atoms with Crippen LogP contribution in [0.3, 0.4) is 0 Å². The lowest BCUT2D eigenvalue weighted by Gasteiger charge is -2.01. The zero-order valence-corrected chi connectivity index (χ0v) is 8.21. The molecule has 0 aliphatic heterocycles. The fraction of sp³-hybridized carbons (Fsp3) is 0. The standard InChI is InChI=1S/C6H5ClN2O4S/c7-5-2-1-4(8-14(12)13)3-6(5)9(10)11/h1-3,8H,(H,12,13). The van der Waals surface area contributed by atoms with Gasteiger partial charge in [0.15, 0.2) is 0 Å². The van der Waals surface area contributed by atoms with Crippen LogP contribution < -0.4 is 4.72 Å². The van der Waals surface area contributed by atoms with Crippen LogP contribution in [0.4, 0.5) is 11.4 Å². The van der Waals surface area contributed by atoms with Crippen molar-refractivity contribution >= 4 is 34.2 Å². The molecule has 2 N–H and O–H groups in total. The van der Waals surface area contributed by atoms with Crippen molar-refractivity contribution in [2.24, 2.45) is 0 Å². The summed E-state index contributed by atoms with van der Waals surface area (Å²) in [6.45, 7) is 0. The number of rotatable bonds is 3. The Morgan fingerprint density at radius 2 is 2.21 bits per heavy atom. The van der Waals surface area contributed by atoms with Crippen LogP contribution >= 0.6 is 11.6 Å². The van der Waals surface area contributed by atoms with Crippen molar-refractivity contribution in [1.29, 1.82) is 0 Å². The number of anilines is 1.